The molecule has 0 aliphatic rings. The van der Waals surface area contributed by atoms with Crippen LogP contribution in [-0.2, 0) is 4.74 Å². The molecule has 0 aliphatic carbocycles. The van der Waals surface area contributed by atoms with E-state index in [9.17, 15) is 14.0 Å². The van der Waals surface area contributed by atoms with Gasteiger partial charge in [0.05, 0.1) is 6.61 Å². The summed E-state index contributed by atoms with van der Waals surface area (Å²) in [7, 11) is 0. The van der Waals surface area contributed by atoms with Crippen LogP contribution >= 0.6 is 0 Å². The number of hydrogen-bond donors (Lipinski definition) is 0. The molecule has 3 aromatic rings. The molecule has 0 aliphatic heterocycles. The van der Waals surface area contributed by atoms with E-state index in [1.807, 2.05) is 6.07 Å². The fourth-order valence-electron chi connectivity index (χ4n) is 2.27. The van der Waals surface area contributed by atoms with Crippen molar-refractivity contribution in [3.05, 3.63) is 77.4 Å². The van der Waals surface area contributed by atoms with Crippen LogP contribution in [0.15, 0.2) is 54.6 Å². The lowest BCUT2D eigenvalue weighted by molar-refractivity contribution is 0.0514. The standard InChI is InChI=1S/C19H14FN3O3/c1-2-26-19(25)16-15(17(24)12-8-10-14(20)11-9-12)21-18(23-22-16)13-6-4-3-5-7-13/h3-11H,2H2,1H3. The average Bonchev–Trinajstić information content (AvgIpc) is 2.68. The van der Waals surface area contributed by atoms with Crippen molar-refractivity contribution in [1.82, 2.24) is 15.2 Å². The molecule has 0 saturated heterocycles. The highest BCUT2D eigenvalue weighted by atomic mass is 19.1. The minimum atomic E-state index is -0.794. The molecule has 0 unspecified atom stereocenters. The smallest absolute Gasteiger partial charge is 0.361 e. The highest BCUT2D eigenvalue weighted by molar-refractivity contribution is 6.12. The van der Waals surface area contributed by atoms with Gasteiger partial charge in [-0.2, -0.15) is 0 Å². The van der Waals surface area contributed by atoms with Crippen LogP contribution in [0.1, 0.15) is 33.5 Å². The van der Waals surface area contributed by atoms with Gasteiger partial charge in [-0.25, -0.2) is 14.2 Å². The lowest BCUT2D eigenvalue weighted by Gasteiger charge is -2.08. The van der Waals surface area contributed by atoms with Gasteiger partial charge in [0.1, 0.15) is 11.5 Å². The monoisotopic (exact) mass is 351 g/mol. The van der Waals surface area contributed by atoms with E-state index in [0.29, 0.717) is 5.56 Å². The van der Waals surface area contributed by atoms with Crippen molar-refractivity contribution in [3.8, 4) is 11.4 Å². The summed E-state index contributed by atoms with van der Waals surface area (Å²) in [5.41, 5.74) is 0.352. The molecule has 130 valence electrons. The van der Waals surface area contributed by atoms with Gasteiger partial charge in [-0.1, -0.05) is 30.3 Å². The summed E-state index contributed by atoms with van der Waals surface area (Å²) >= 11 is 0. The first-order valence-electron chi connectivity index (χ1n) is 7.87. The van der Waals surface area contributed by atoms with Crippen molar-refractivity contribution in [3.63, 3.8) is 0 Å². The number of benzene rings is 2. The predicted octanol–water partition coefficient (Wildman–Crippen LogP) is 3.09. The lowest BCUT2D eigenvalue weighted by atomic mass is 10.1. The zero-order chi connectivity index (χ0) is 18.5. The van der Waals surface area contributed by atoms with Crippen LogP contribution in [0.25, 0.3) is 11.4 Å². The molecule has 6 nitrogen and oxygen atoms in total. The fourth-order valence-corrected chi connectivity index (χ4v) is 2.27. The van der Waals surface area contributed by atoms with Gasteiger partial charge < -0.3 is 4.74 Å². The van der Waals surface area contributed by atoms with Gasteiger partial charge in [0.15, 0.2) is 5.82 Å². The van der Waals surface area contributed by atoms with E-state index in [4.69, 9.17) is 4.74 Å². The molecule has 0 N–H and O–H groups in total. The maximum Gasteiger partial charge on any atom is 0.361 e. The second kappa shape index (κ2) is 7.60. The summed E-state index contributed by atoms with van der Waals surface area (Å²) in [6.07, 6.45) is 0. The summed E-state index contributed by atoms with van der Waals surface area (Å²) in [6, 6.07) is 13.9. The molecule has 2 aromatic carbocycles. The predicted molar refractivity (Wildman–Crippen MR) is 91.1 cm³/mol. The van der Waals surface area contributed by atoms with Crippen LogP contribution in [0.4, 0.5) is 4.39 Å². The Morgan fingerprint density at radius 3 is 2.31 bits per heavy atom. The van der Waals surface area contributed by atoms with E-state index in [-0.39, 0.29) is 29.4 Å². The third-order valence-corrected chi connectivity index (χ3v) is 3.51. The molecular weight excluding hydrogens is 337 g/mol. The molecule has 1 heterocycles. The van der Waals surface area contributed by atoms with Crippen LogP contribution in [0, 0.1) is 5.82 Å². The van der Waals surface area contributed by atoms with Crippen LogP contribution in [0.5, 0.6) is 0 Å². The van der Waals surface area contributed by atoms with Gasteiger partial charge in [0.25, 0.3) is 0 Å². The Bertz CT molecular complexity index is 944. The molecule has 26 heavy (non-hydrogen) atoms. The molecule has 0 bridgehead atoms. The van der Waals surface area contributed by atoms with Crippen molar-refractivity contribution < 1.29 is 18.7 Å². The Morgan fingerprint density at radius 1 is 0.962 bits per heavy atom. The first kappa shape index (κ1) is 17.3. The van der Waals surface area contributed by atoms with Gasteiger partial charge in [0.2, 0.25) is 11.5 Å². The third-order valence-electron chi connectivity index (χ3n) is 3.51. The number of esters is 1. The van der Waals surface area contributed by atoms with Crippen LogP contribution in [0.2, 0.25) is 0 Å². The number of ketones is 1. The number of ether oxygens (including phenoxy) is 1. The summed E-state index contributed by atoms with van der Waals surface area (Å²) in [5, 5.41) is 7.78. The Kier molecular flexibility index (Phi) is 5.07. The maximum atomic E-state index is 13.1. The highest BCUT2D eigenvalue weighted by Crippen LogP contribution is 2.18. The van der Waals surface area contributed by atoms with Crippen LogP contribution in [-0.4, -0.2) is 33.5 Å². The molecule has 0 radical (unpaired) electrons. The Morgan fingerprint density at radius 2 is 1.65 bits per heavy atom. The van der Waals surface area contributed by atoms with Crippen molar-refractivity contribution in [2.75, 3.05) is 6.61 Å². The number of rotatable bonds is 5. The fraction of sp³-hybridized carbons (Fsp3) is 0.105. The topological polar surface area (TPSA) is 82.0 Å². The Balaban J connectivity index is 2.10. The van der Waals surface area contributed by atoms with Gasteiger partial charge in [0, 0.05) is 11.1 Å². The number of halogens is 1. The van der Waals surface area contributed by atoms with E-state index in [2.05, 4.69) is 15.2 Å². The molecule has 0 saturated carbocycles. The average molecular weight is 351 g/mol. The molecule has 3 rings (SSSR count). The van der Waals surface area contributed by atoms with Gasteiger partial charge >= 0.3 is 5.97 Å². The number of nitrogens with zero attached hydrogens (tertiary/aromatic N) is 3. The van der Waals surface area contributed by atoms with E-state index in [1.165, 1.54) is 12.1 Å². The normalized spacial score (nSPS) is 10.4. The SMILES string of the molecule is CCOC(=O)c1nnc(-c2ccccc2)nc1C(=O)c1ccc(F)cc1. The lowest BCUT2D eigenvalue weighted by Crippen LogP contribution is -2.18. The number of aromatic nitrogens is 3. The van der Waals surface area contributed by atoms with E-state index in [0.717, 1.165) is 12.1 Å². The second-order valence-corrected chi connectivity index (χ2v) is 5.26. The summed E-state index contributed by atoms with van der Waals surface area (Å²) in [5.74, 6) is -1.64. The van der Waals surface area contributed by atoms with Crippen LogP contribution in [0.3, 0.4) is 0 Å². The number of carbonyl (C=O) groups excluding carboxylic acids is 2. The minimum Gasteiger partial charge on any atom is -0.461 e. The molecule has 0 atom stereocenters. The minimum absolute atomic E-state index is 0.116. The molecule has 0 amide bonds. The summed E-state index contributed by atoms with van der Waals surface area (Å²) < 4.78 is 18.0. The third kappa shape index (κ3) is 3.61. The Hall–Kier alpha value is -3.48. The molecular formula is C19H14FN3O3. The second-order valence-electron chi connectivity index (χ2n) is 5.26. The van der Waals surface area contributed by atoms with Crippen molar-refractivity contribution in [2.24, 2.45) is 0 Å². The number of carbonyl (C=O) groups is 2. The molecule has 1 aromatic heterocycles. The van der Waals surface area contributed by atoms with Gasteiger partial charge in [-0.15, -0.1) is 10.2 Å². The van der Waals surface area contributed by atoms with Gasteiger partial charge in [-0.05, 0) is 31.2 Å². The zero-order valence-electron chi connectivity index (χ0n) is 13.8. The molecule has 0 spiro atoms. The summed E-state index contributed by atoms with van der Waals surface area (Å²) in [6.45, 7) is 1.75. The van der Waals surface area contributed by atoms with Crippen molar-refractivity contribution in [2.45, 2.75) is 6.92 Å². The van der Waals surface area contributed by atoms with Gasteiger partial charge in [-0.3, -0.25) is 4.79 Å². The maximum absolute atomic E-state index is 13.1. The number of hydrogen-bond acceptors (Lipinski definition) is 6. The Labute approximate surface area is 148 Å². The van der Waals surface area contributed by atoms with Crippen LogP contribution < -0.4 is 0 Å². The largest absolute Gasteiger partial charge is 0.461 e. The van der Waals surface area contributed by atoms with Crippen molar-refractivity contribution >= 4 is 11.8 Å². The first-order chi connectivity index (χ1) is 12.6. The molecule has 7 heteroatoms. The quantitative estimate of drug-likeness (QED) is 0.519. The van der Waals surface area contributed by atoms with E-state index in [1.54, 1.807) is 31.2 Å². The highest BCUT2D eigenvalue weighted by Gasteiger charge is 2.25. The van der Waals surface area contributed by atoms with E-state index < -0.39 is 17.6 Å². The van der Waals surface area contributed by atoms with Crippen molar-refractivity contribution in [1.29, 1.82) is 0 Å². The zero-order valence-corrected chi connectivity index (χ0v) is 13.8. The summed E-state index contributed by atoms with van der Waals surface area (Å²) in [4.78, 5) is 29.2. The first-order valence-corrected chi connectivity index (χ1v) is 7.87. The molecule has 0 fully saturated rings. The van der Waals surface area contributed by atoms with E-state index >= 15 is 0 Å².